The van der Waals surface area contributed by atoms with Crippen molar-refractivity contribution < 1.29 is 5.11 Å². The number of nitrogens with zero attached hydrogens (tertiary/aromatic N) is 3. The summed E-state index contributed by atoms with van der Waals surface area (Å²) in [6.07, 6.45) is 5.10. The molecule has 2 fully saturated rings. The number of likely N-dealkylation sites (N-methyl/N-ethyl adjacent to an activating group) is 1. The van der Waals surface area contributed by atoms with Crippen LogP contribution in [-0.4, -0.2) is 54.3 Å². The summed E-state index contributed by atoms with van der Waals surface area (Å²) in [6, 6.07) is 4.14. The third kappa shape index (κ3) is 2.30. The van der Waals surface area contributed by atoms with Crippen LogP contribution in [0.15, 0.2) is 18.3 Å². The fraction of sp³-hybridized carbons (Fsp3) is 0.667. The maximum Gasteiger partial charge on any atom is 0.147 e. The molecular formula is C15H22ClN3O. The zero-order valence-corrected chi connectivity index (χ0v) is 12.7. The Kier molecular flexibility index (Phi) is 3.89. The molecule has 110 valence electrons. The minimum atomic E-state index is 0.0603. The average Bonchev–Trinajstić information content (AvgIpc) is 2.48. The molecule has 0 aromatic carbocycles. The Morgan fingerprint density at radius 2 is 2.30 bits per heavy atom. The largest absolute Gasteiger partial charge is 0.396 e. The number of hydrogen-bond donors (Lipinski definition) is 1. The van der Waals surface area contributed by atoms with Gasteiger partial charge in [0.2, 0.25) is 0 Å². The van der Waals surface area contributed by atoms with Crippen LogP contribution < -0.4 is 4.90 Å². The van der Waals surface area contributed by atoms with Crippen molar-refractivity contribution in [1.29, 1.82) is 0 Å². The third-order valence-electron chi connectivity index (χ3n) is 5.05. The Bertz CT molecular complexity index is 484. The fourth-order valence-corrected chi connectivity index (χ4v) is 4.06. The van der Waals surface area contributed by atoms with E-state index in [1.54, 1.807) is 6.20 Å². The van der Waals surface area contributed by atoms with E-state index < -0.39 is 0 Å². The van der Waals surface area contributed by atoms with E-state index in [0.29, 0.717) is 11.1 Å². The molecule has 0 bridgehead atoms. The molecule has 1 aromatic heterocycles. The molecule has 5 heteroatoms. The van der Waals surface area contributed by atoms with Crippen molar-refractivity contribution in [2.75, 3.05) is 38.2 Å². The van der Waals surface area contributed by atoms with E-state index >= 15 is 0 Å². The van der Waals surface area contributed by atoms with E-state index in [4.69, 9.17) is 11.6 Å². The molecule has 2 atom stereocenters. The smallest absolute Gasteiger partial charge is 0.147 e. The van der Waals surface area contributed by atoms with Gasteiger partial charge in [-0.15, -0.1) is 0 Å². The summed E-state index contributed by atoms with van der Waals surface area (Å²) in [4.78, 5) is 9.08. The van der Waals surface area contributed by atoms with Gasteiger partial charge in [0.1, 0.15) is 5.82 Å². The van der Waals surface area contributed by atoms with E-state index in [1.165, 1.54) is 6.42 Å². The summed E-state index contributed by atoms with van der Waals surface area (Å²) in [5.74, 6) is 0.875. The van der Waals surface area contributed by atoms with Crippen molar-refractivity contribution in [3.05, 3.63) is 23.4 Å². The van der Waals surface area contributed by atoms with Crippen LogP contribution >= 0.6 is 11.6 Å². The van der Waals surface area contributed by atoms with Crippen molar-refractivity contribution in [2.45, 2.75) is 25.3 Å². The molecule has 3 heterocycles. The lowest BCUT2D eigenvalue weighted by atomic mass is 9.69. The molecule has 4 nitrogen and oxygen atoms in total. The lowest BCUT2D eigenvalue weighted by Gasteiger charge is -2.53. The highest BCUT2D eigenvalue weighted by Gasteiger charge is 2.46. The van der Waals surface area contributed by atoms with Crippen LogP contribution in [0.3, 0.4) is 0 Å². The molecule has 1 N–H and O–H groups in total. The van der Waals surface area contributed by atoms with Crippen molar-refractivity contribution in [3.8, 4) is 0 Å². The van der Waals surface area contributed by atoms with Gasteiger partial charge < -0.3 is 14.9 Å². The van der Waals surface area contributed by atoms with Crippen LogP contribution in [0.1, 0.15) is 19.3 Å². The van der Waals surface area contributed by atoms with Crippen LogP contribution in [0.25, 0.3) is 0 Å². The second-order valence-electron chi connectivity index (χ2n) is 6.13. The highest BCUT2D eigenvalue weighted by molar-refractivity contribution is 6.32. The molecule has 0 radical (unpaired) electrons. The third-order valence-corrected chi connectivity index (χ3v) is 5.35. The number of aromatic nitrogens is 1. The zero-order chi connectivity index (χ0) is 14.2. The summed E-state index contributed by atoms with van der Waals surface area (Å²) in [5.41, 5.74) is 0.0603. The van der Waals surface area contributed by atoms with Crippen LogP contribution in [0.2, 0.25) is 5.02 Å². The lowest BCUT2D eigenvalue weighted by molar-refractivity contribution is -0.0277. The highest BCUT2D eigenvalue weighted by Crippen LogP contribution is 2.42. The van der Waals surface area contributed by atoms with E-state index in [-0.39, 0.29) is 12.0 Å². The standard InChI is InChI=1S/C15H22ClN3O/c1-18-8-3-5-15(11-20)6-9-19(10-13(15)18)14-12(16)4-2-7-17-14/h2,4,7,13,20H,3,5-6,8-11H2,1H3/t13-,15-/m1/s1. The summed E-state index contributed by atoms with van der Waals surface area (Å²) in [7, 11) is 2.16. The molecule has 0 amide bonds. The Morgan fingerprint density at radius 1 is 1.45 bits per heavy atom. The van der Waals surface area contributed by atoms with Crippen molar-refractivity contribution in [3.63, 3.8) is 0 Å². The summed E-state index contributed by atoms with van der Waals surface area (Å²) in [6.45, 7) is 3.21. The van der Waals surface area contributed by atoms with Gasteiger partial charge in [-0.3, -0.25) is 0 Å². The first-order valence-corrected chi connectivity index (χ1v) is 7.71. The molecule has 2 saturated heterocycles. The first kappa shape index (κ1) is 14.1. The van der Waals surface area contributed by atoms with Crippen molar-refractivity contribution in [2.24, 2.45) is 5.41 Å². The first-order chi connectivity index (χ1) is 9.66. The quantitative estimate of drug-likeness (QED) is 0.906. The molecule has 0 unspecified atom stereocenters. The lowest BCUT2D eigenvalue weighted by Crippen LogP contribution is -2.61. The molecule has 0 spiro atoms. The number of aliphatic hydroxyl groups excluding tert-OH is 1. The van der Waals surface area contributed by atoms with Gasteiger partial charge >= 0.3 is 0 Å². The van der Waals surface area contributed by atoms with Crippen LogP contribution in [0.5, 0.6) is 0 Å². The first-order valence-electron chi connectivity index (χ1n) is 7.33. The highest BCUT2D eigenvalue weighted by atomic mass is 35.5. The van der Waals surface area contributed by atoms with Crippen LogP contribution in [-0.2, 0) is 0 Å². The topological polar surface area (TPSA) is 39.6 Å². The average molecular weight is 296 g/mol. The molecular weight excluding hydrogens is 274 g/mol. The SMILES string of the molecule is CN1CCC[C@]2(CO)CCN(c3ncccc3Cl)C[C@@H]12. The molecule has 2 aliphatic heterocycles. The predicted molar refractivity (Wildman–Crippen MR) is 81.2 cm³/mol. The number of halogens is 1. The van der Waals surface area contributed by atoms with Crippen LogP contribution in [0, 0.1) is 5.41 Å². The Morgan fingerprint density at radius 3 is 3.05 bits per heavy atom. The van der Waals surface area contributed by atoms with Crippen LogP contribution in [0.4, 0.5) is 5.82 Å². The van der Waals surface area contributed by atoms with Gasteiger partial charge in [-0.05, 0) is 45.0 Å². The van der Waals surface area contributed by atoms with Gasteiger partial charge in [-0.1, -0.05) is 11.6 Å². The Hall–Kier alpha value is -0.840. The van der Waals surface area contributed by atoms with E-state index in [1.807, 2.05) is 12.1 Å². The van der Waals surface area contributed by atoms with E-state index in [9.17, 15) is 5.11 Å². The summed E-state index contributed by atoms with van der Waals surface area (Å²) >= 11 is 6.27. The second-order valence-corrected chi connectivity index (χ2v) is 6.53. The molecule has 1 aromatic rings. The van der Waals surface area contributed by atoms with E-state index in [0.717, 1.165) is 38.3 Å². The number of anilines is 1. The molecule has 3 rings (SSSR count). The van der Waals surface area contributed by atoms with Gasteiger partial charge in [0.25, 0.3) is 0 Å². The van der Waals surface area contributed by atoms with Crippen molar-refractivity contribution >= 4 is 17.4 Å². The Balaban J connectivity index is 1.85. The van der Waals surface area contributed by atoms with Gasteiger partial charge in [0, 0.05) is 30.7 Å². The number of pyridine rings is 1. The number of aliphatic hydroxyl groups is 1. The summed E-state index contributed by atoms with van der Waals surface area (Å²) < 4.78 is 0. The zero-order valence-electron chi connectivity index (χ0n) is 11.9. The minimum absolute atomic E-state index is 0.0603. The number of piperidine rings is 2. The molecule has 0 saturated carbocycles. The minimum Gasteiger partial charge on any atom is -0.396 e. The normalized spacial score (nSPS) is 31.1. The van der Waals surface area contributed by atoms with E-state index in [2.05, 4.69) is 21.8 Å². The van der Waals surface area contributed by atoms with Gasteiger partial charge in [-0.25, -0.2) is 4.98 Å². The van der Waals surface area contributed by atoms with Gasteiger partial charge in [0.05, 0.1) is 11.6 Å². The number of fused-ring (bicyclic) bond motifs is 1. The van der Waals surface area contributed by atoms with Crippen molar-refractivity contribution in [1.82, 2.24) is 9.88 Å². The number of hydrogen-bond acceptors (Lipinski definition) is 4. The molecule has 0 aliphatic carbocycles. The summed E-state index contributed by atoms with van der Waals surface area (Å²) in [5, 5.41) is 10.6. The Labute approximate surface area is 125 Å². The number of likely N-dealkylation sites (tertiary alicyclic amines) is 1. The molecule has 20 heavy (non-hydrogen) atoms. The van der Waals surface area contributed by atoms with Gasteiger partial charge in [0.15, 0.2) is 0 Å². The number of rotatable bonds is 2. The maximum atomic E-state index is 9.92. The van der Waals surface area contributed by atoms with Gasteiger partial charge in [-0.2, -0.15) is 0 Å². The molecule has 2 aliphatic rings. The second kappa shape index (κ2) is 5.51. The fourth-order valence-electron chi connectivity index (χ4n) is 3.82. The predicted octanol–water partition coefficient (Wildman–Crippen LogP) is 2.02. The monoisotopic (exact) mass is 295 g/mol. The maximum absolute atomic E-state index is 9.92.